The van der Waals surface area contributed by atoms with E-state index >= 15 is 0 Å². The zero-order valence-corrected chi connectivity index (χ0v) is 10.6. The van der Waals surface area contributed by atoms with Gasteiger partial charge in [0.25, 0.3) is 0 Å². The third-order valence-corrected chi connectivity index (χ3v) is 1.94. The molecule has 0 heterocycles. The molecule has 17 heavy (non-hydrogen) atoms. The molecule has 0 aromatic carbocycles. The Balaban J connectivity index is 3.21. The van der Waals surface area contributed by atoms with E-state index in [9.17, 15) is 4.79 Å². The Labute approximate surface area is 104 Å². The fourth-order valence-electron chi connectivity index (χ4n) is 1.03. The lowest BCUT2D eigenvalue weighted by atomic mass is 10.3. The van der Waals surface area contributed by atoms with Crippen molar-refractivity contribution in [1.29, 1.82) is 0 Å². The zero-order chi connectivity index (χ0) is 12.9. The summed E-state index contributed by atoms with van der Waals surface area (Å²) in [6, 6.07) is 0. The molecule has 0 atom stereocenters. The van der Waals surface area contributed by atoms with E-state index in [4.69, 9.17) is 9.47 Å². The van der Waals surface area contributed by atoms with Gasteiger partial charge in [0, 0.05) is 12.2 Å². The van der Waals surface area contributed by atoms with Crippen LogP contribution in [0.4, 0.5) is 0 Å². The van der Waals surface area contributed by atoms with E-state index in [2.05, 4.69) is 25.3 Å². The molecular formula is C14H22O3. The molecule has 0 aromatic rings. The molecule has 0 rings (SSSR count). The SMILES string of the molecule is C=CC/C=C\CCCOCCOC(=O)C(=C)C. The molecule has 96 valence electrons. The molecule has 0 spiro atoms. The maximum absolute atomic E-state index is 11.0. The molecule has 0 unspecified atom stereocenters. The van der Waals surface area contributed by atoms with Crippen molar-refractivity contribution in [2.45, 2.75) is 26.2 Å². The van der Waals surface area contributed by atoms with Crippen LogP contribution in [0.2, 0.25) is 0 Å². The summed E-state index contributed by atoms with van der Waals surface area (Å²) in [6.45, 7) is 10.2. The van der Waals surface area contributed by atoms with Crippen molar-refractivity contribution in [2.75, 3.05) is 19.8 Å². The fraction of sp³-hybridized carbons (Fsp3) is 0.500. The Bertz CT molecular complexity index is 267. The molecule has 0 radical (unpaired) electrons. The first-order chi connectivity index (χ1) is 8.18. The number of allylic oxidation sites excluding steroid dienone is 3. The summed E-state index contributed by atoms with van der Waals surface area (Å²) in [5.74, 6) is -0.360. The number of esters is 1. The third kappa shape index (κ3) is 10.9. The second-order valence-corrected chi connectivity index (χ2v) is 3.67. The number of carbonyl (C=O) groups is 1. The van der Waals surface area contributed by atoms with Crippen LogP contribution in [0.3, 0.4) is 0 Å². The Hall–Kier alpha value is -1.35. The van der Waals surface area contributed by atoms with Gasteiger partial charge < -0.3 is 9.47 Å². The molecule has 0 N–H and O–H groups in total. The first-order valence-electron chi connectivity index (χ1n) is 5.84. The van der Waals surface area contributed by atoms with Crippen LogP contribution in [0.25, 0.3) is 0 Å². The molecule has 0 saturated carbocycles. The van der Waals surface area contributed by atoms with Gasteiger partial charge in [-0.1, -0.05) is 24.8 Å². The van der Waals surface area contributed by atoms with Crippen molar-refractivity contribution in [2.24, 2.45) is 0 Å². The van der Waals surface area contributed by atoms with E-state index in [1.165, 1.54) is 0 Å². The van der Waals surface area contributed by atoms with Gasteiger partial charge in [-0.2, -0.15) is 0 Å². The van der Waals surface area contributed by atoms with Crippen molar-refractivity contribution < 1.29 is 14.3 Å². The van der Waals surface area contributed by atoms with E-state index in [0.717, 1.165) is 19.3 Å². The van der Waals surface area contributed by atoms with E-state index in [0.29, 0.717) is 18.8 Å². The van der Waals surface area contributed by atoms with Gasteiger partial charge in [-0.15, -0.1) is 6.58 Å². The number of carbonyl (C=O) groups excluding carboxylic acids is 1. The average molecular weight is 238 g/mol. The van der Waals surface area contributed by atoms with Crippen LogP contribution in [0.5, 0.6) is 0 Å². The standard InChI is InChI=1S/C14H22O3/c1-4-5-6-7-8-9-10-16-11-12-17-14(15)13(2)3/h4,6-7H,1-2,5,8-12H2,3H3/b7-6-. The summed E-state index contributed by atoms with van der Waals surface area (Å²) in [5, 5.41) is 0. The largest absolute Gasteiger partial charge is 0.460 e. The molecule has 0 aliphatic heterocycles. The highest BCUT2D eigenvalue weighted by molar-refractivity contribution is 5.86. The smallest absolute Gasteiger partial charge is 0.333 e. The normalized spacial score (nSPS) is 10.4. The maximum Gasteiger partial charge on any atom is 0.333 e. The van der Waals surface area contributed by atoms with Crippen LogP contribution >= 0.6 is 0 Å². The van der Waals surface area contributed by atoms with Gasteiger partial charge in [0.1, 0.15) is 6.61 Å². The van der Waals surface area contributed by atoms with Gasteiger partial charge >= 0.3 is 5.97 Å². The lowest BCUT2D eigenvalue weighted by Gasteiger charge is -2.04. The summed E-state index contributed by atoms with van der Waals surface area (Å²) >= 11 is 0. The zero-order valence-electron chi connectivity index (χ0n) is 10.6. The van der Waals surface area contributed by atoms with Crippen LogP contribution in [0.1, 0.15) is 26.2 Å². The molecule has 0 saturated heterocycles. The minimum atomic E-state index is -0.360. The molecule has 0 bridgehead atoms. The van der Waals surface area contributed by atoms with Crippen LogP contribution in [0.15, 0.2) is 37.0 Å². The average Bonchev–Trinajstić information content (AvgIpc) is 2.31. The molecule has 3 heteroatoms. The first kappa shape index (κ1) is 15.7. The van der Waals surface area contributed by atoms with Gasteiger partial charge in [-0.05, 0) is 26.2 Å². The van der Waals surface area contributed by atoms with E-state index in [-0.39, 0.29) is 12.6 Å². The van der Waals surface area contributed by atoms with Gasteiger partial charge in [-0.25, -0.2) is 4.79 Å². The molecule has 0 fully saturated rings. The highest BCUT2D eigenvalue weighted by atomic mass is 16.6. The van der Waals surface area contributed by atoms with Crippen LogP contribution in [0, 0.1) is 0 Å². The molecule has 0 aliphatic carbocycles. The van der Waals surface area contributed by atoms with Crippen molar-refractivity contribution >= 4 is 5.97 Å². The highest BCUT2D eigenvalue weighted by Crippen LogP contribution is 1.95. The number of ether oxygens (including phenoxy) is 2. The molecule has 0 aromatic heterocycles. The number of unbranched alkanes of at least 4 members (excludes halogenated alkanes) is 1. The van der Waals surface area contributed by atoms with E-state index < -0.39 is 0 Å². The highest BCUT2D eigenvalue weighted by Gasteiger charge is 2.01. The minimum Gasteiger partial charge on any atom is -0.460 e. The van der Waals surface area contributed by atoms with Gasteiger partial charge in [0.05, 0.1) is 6.61 Å². The summed E-state index contributed by atoms with van der Waals surface area (Å²) in [7, 11) is 0. The quantitative estimate of drug-likeness (QED) is 0.254. The van der Waals surface area contributed by atoms with Crippen molar-refractivity contribution in [3.05, 3.63) is 37.0 Å². The number of hydrogen-bond acceptors (Lipinski definition) is 3. The summed E-state index contributed by atoms with van der Waals surface area (Å²) < 4.78 is 10.2. The lowest BCUT2D eigenvalue weighted by molar-refractivity contribution is -0.140. The minimum absolute atomic E-state index is 0.290. The third-order valence-electron chi connectivity index (χ3n) is 1.94. The predicted octanol–water partition coefficient (Wildman–Crippen LogP) is 3.03. The van der Waals surface area contributed by atoms with Crippen LogP contribution in [-0.4, -0.2) is 25.8 Å². The van der Waals surface area contributed by atoms with Gasteiger partial charge in [0.2, 0.25) is 0 Å². The van der Waals surface area contributed by atoms with Crippen molar-refractivity contribution in [3.63, 3.8) is 0 Å². The summed E-state index contributed by atoms with van der Waals surface area (Å²) in [5.41, 5.74) is 0.414. The summed E-state index contributed by atoms with van der Waals surface area (Å²) in [6.07, 6.45) is 8.95. The maximum atomic E-state index is 11.0. The fourth-order valence-corrected chi connectivity index (χ4v) is 1.03. The molecule has 0 aliphatic rings. The Morgan fingerprint density at radius 2 is 2.00 bits per heavy atom. The molecule has 3 nitrogen and oxygen atoms in total. The van der Waals surface area contributed by atoms with Crippen LogP contribution < -0.4 is 0 Å². The predicted molar refractivity (Wildman–Crippen MR) is 69.8 cm³/mol. The monoisotopic (exact) mass is 238 g/mol. The second-order valence-electron chi connectivity index (χ2n) is 3.67. The Morgan fingerprint density at radius 3 is 2.65 bits per heavy atom. The van der Waals surface area contributed by atoms with Gasteiger partial charge in [0.15, 0.2) is 0 Å². The van der Waals surface area contributed by atoms with Crippen LogP contribution in [-0.2, 0) is 14.3 Å². The van der Waals surface area contributed by atoms with Gasteiger partial charge in [-0.3, -0.25) is 0 Å². The number of rotatable bonds is 10. The van der Waals surface area contributed by atoms with E-state index in [1.54, 1.807) is 6.92 Å². The lowest BCUT2D eigenvalue weighted by Crippen LogP contribution is -2.11. The summed E-state index contributed by atoms with van der Waals surface area (Å²) in [4.78, 5) is 11.0. The Morgan fingerprint density at radius 1 is 1.24 bits per heavy atom. The number of hydrogen-bond donors (Lipinski definition) is 0. The van der Waals surface area contributed by atoms with Crippen molar-refractivity contribution in [1.82, 2.24) is 0 Å². The second kappa shape index (κ2) is 11.1. The Kier molecular flexibility index (Phi) is 10.3. The van der Waals surface area contributed by atoms with E-state index in [1.807, 2.05) is 6.08 Å². The first-order valence-corrected chi connectivity index (χ1v) is 5.84. The topological polar surface area (TPSA) is 35.5 Å². The van der Waals surface area contributed by atoms with Crippen molar-refractivity contribution in [3.8, 4) is 0 Å². The molecule has 0 amide bonds. The molecular weight excluding hydrogens is 216 g/mol.